The summed E-state index contributed by atoms with van der Waals surface area (Å²) in [6, 6.07) is 4.56. The summed E-state index contributed by atoms with van der Waals surface area (Å²) in [4.78, 5) is 55.0. The van der Waals surface area contributed by atoms with E-state index < -0.39 is 34.4 Å². The number of ketones is 1. The first-order valence-electron chi connectivity index (χ1n) is 10.4. The van der Waals surface area contributed by atoms with Crippen LogP contribution in [-0.2, 0) is 14.3 Å². The van der Waals surface area contributed by atoms with Crippen LogP contribution in [0.15, 0.2) is 29.8 Å². The molecule has 1 unspecified atom stereocenters. The van der Waals surface area contributed by atoms with E-state index in [1.165, 1.54) is 30.2 Å². The van der Waals surface area contributed by atoms with Crippen molar-refractivity contribution in [1.29, 1.82) is 0 Å². The maximum absolute atomic E-state index is 13.1. The third-order valence-electron chi connectivity index (χ3n) is 5.79. The summed E-state index contributed by atoms with van der Waals surface area (Å²) < 4.78 is 4.76. The zero-order valence-electron chi connectivity index (χ0n) is 19.5. The quantitative estimate of drug-likeness (QED) is 0.157. The highest BCUT2D eigenvalue weighted by molar-refractivity contribution is 6.46. The molecule has 180 valence electrons. The SMILES string of the molecule is COC(=O)c1[nH]c(C)c(/C(O)=C2/C(=O)C(=O)N(CCN(C)C)C2c2cccc([N+](=O)[O-])c2)c1C. The molecule has 2 heterocycles. The van der Waals surface area contributed by atoms with Crippen LogP contribution < -0.4 is 0 Å². The second kappa shape index (κ2) is 9.48. The van der Waals surface area contributed by atoms with Crippen molar-refractivity contribution in [3.8, 4) is 0 Å². The molecule has 11 nitrogen and oxygen atoms in total. The summed E-state index contributed by atoms with van der Waals surface area (Å²) in [6.45, 7) is 3.77. The summed E-state index contributed by atoms with van der Waals surface area (Å²) in [6.07, 6.45) is 0. The Morgan fingerprint density at radius 1 is 1.29 bits per heavy atom. The zero-order valence-corrected chi connectivity index (χ0v) is 19.5. The number of rotatable bonds is 7. The number of hydrogen-bond donors (Lipinski definition) is 2. The van der Waals surface area contributed by atoms with Crippen molar-refractivity contribution >= 4 is 29.1 Å². The third kappa shape index (κ3) is 4.29. The van der Waals surface area contributed by atoms with E-state index in [9.17, 15) is 29.6 Å². The number of aliphatic hydroxyl groups is 1. The van der Waals surface area contributed by atoms with Crippen molar-refractivity contribution in [2.45, 2.75) is 19.9 Å². The Balaban J connectivity index is 2.26. The molecule has 1 fully saturated rings. The minimum absolute atomic E-state index is 0.107. The van der Waals surface area contributed by atoms with Crippen LogP contribution in [0.2, 0.25) is 0 Å². The number of benzene rings is 1. The lowest BCUT2D eigenvalue weighted by Gasteiger charge is -2.26. The van der Waals surface area contributed by atoms with Crippen molar-refractivity contribution in [3.05, 3.63) is 68.0 Å². The molecular formula is C23H26N4O7. The summed E-state index contributed by atoms with van der Waals surface area (Å²) >= 11 is 0. The second-order valence-electron chi connectivity index (χ2n) is 8.26. The predicted octanol–water partition coefficient (Wildman–Crippen LogP) is 2.31. The molecule has 1 saturated heterocycles. The number of hydrogen-bond acceptors (Lipinski definition) is 8. The maximum Gasteiger partial charge on any atom is 0.354 e. The largest absolute Gasteiger partial charge is 0.507 e. The number of amides is 1. The van der Waals surface area contributed by atoms with Gasteiger partial charge in [-0.2, -0.15) is 0 Å². The monoisotopic (exact) mass is 470 g/mol. The molecule has 1 atom stereocenters. The smallest absolute Gasteiger partial charge is 0.354 e. The number of nitrogens with zero attached hydrogens (tertiary/aromatic N) is 3. The lowest BCUT2D eigenvalue weighted by Crippen LogP contribution is -2.35. The van der Waals surface area contributed by atoms with E-state index in [1.807, 2.05) is 4.90 Å². The fraction of sp³-hybridized carbons (Fsp3) is 0.348. The normalized spacial score (nSPS) is 17.5. The number of H-pyrrole nitrogens is 1. The van der Waals surface area contributed by atoms with E-state index in [0.717, 1.165) is 0 Å². The van der Waals surface area contributed by atoms with Gasteiger partial charge in [0.25, 0.3) is 17.4 Å². The number of likely N-dealkylation sites (tertiary alicyclic amines) is 1. The summed E-state index contributed by atoms with van der Waals surface area (Å²) in [5.74, 6) is -2.85. The fourth-order valence-corrected chi connectivity index (χ4v) is 4.12. The highest BCUT2D eigenvalue weighted by Gasteiger charge is 2.46. The van der Waals surface area contributed by atoms with Gasteiger partial charge in [-0.3, -0.25) is 19.7 Å². The number of aryl methyl sites for hydroxylation is 1. The lowest BCUT2D eigenvalue weighted by atomic mass is 9.94. The van der Waals surface area contributed by atoms with Crippen molar-refractivity contribution in [2.24, 2.45) is 0 Å². The standard InChI is InChI=1S/C23H26N4O7/c1-12-16(13(2)24-18(12)23(31)34-5)20(28)17-19(14-7-6-8-15(11-14)27(32)33)26(10-9-25(3)4)22(30)21(17)29/h6-8,11,19,24,28H,9-10H2,1-5H3/b20-17-. The number of aromatic nitrogens is 1. The Bertz CT molecular complexity index is 1210. The van der Waals surface area contributed by atoms with Gasteiger partial charge in [-0.05, 0) is 39.1 Å². The van der Waals surface area contributed by atoms with Crippen LogP contribution in [0.3, 0.4) is 0 Å². The number of likely N-dealkylation sites (N-methyl/N-ethyl adjacent to an activating group) is 1. The zero-order chi connectivity index (χ0) is 25.3. The molecule has 11 heteroatoms. The van der Waals surface area contributed by atoms with Crippen molar-refractivity contribution in [2.75, 3.05) is 34.3 Å². The van der Waals surface area contributed by atoms with Crippen LogP contribution >= 0.6 is 0 Å². The molecule has 1 amide bonds. The van der Waals surface area contributed by atoms with E-state index >= 15 is 0 Å². The molecule has 2 aromatic rings. The van der Waals surface area contributed by atoms with Gasteiger partial charge >= 0.3 is 5.97 Å². The van der Waals surface area contributed by atoms with E-state index in [-0.39, 0.29) is 29.1 Å². The highest BCUT2D eigenvalue weighted by Crippen LogP contribution is 2.41. The average molecular weight is 470 g/mol. The molecule has 0 radical (unpaired) electrons. The predicted molar refractivity (Wildman–Crippen MR) is 122 cm³/mol. The van der Waals surface area contributed by atoms with Gasteiger partial charge in [0.05, 0.1) is 23.6 Å². The molecule has 2 N–H and O–H groups in total. The molecule has 0 spiro atoms. The van der Waals surface area contributed by atoms with Gasteiger partial charge < -0.3 is 24.6 Å². The van der Waals surface area contributed by atoms with Gasteiger partial charge in [0.1, 0.15) is 11.5 Å². The number of aliphatic hydroxyl groups excluding tert-OH is 1. The van der Waals surface area contributed by atoms with Gasteiger partial charge in [0, 0.05) is 36.5 Å². The van der Waals surface area contributed by atoms with E-state index in [1.54, 1.807) is 34.0 Å². The second-order valence-corrected chi connectivity index (χ2v) is 8.26. The molecule has 0 saturated carbocycles. The van der Waals surface area contributed by atoms with Crippen LogP contribution in [0.25, 0.3) is 5.76 Å². The number of carbonyl (C=O) groups is 3. The lowest BCUT2D eigenvalue weighted by molar-refractivity contribution is -0.384. The van der Waals surface area contributed by atoms with Crippen LogP contribution in [-0.4, -0.2) is 76.8 Å². The average Bonchev–Trinajstić information content (AvgIpc) is 3.23. The van der Waals surface area contributed by atoms with Crippen LogP contribution in [0.5, 0.6) is 0 Å². The molecule has 34 heavy (non-hydrogen) atoms. The number of aromatic amines is 1. The number of nitro benzene ring substituents is 1. The molecule has 0 bridgehead atoms. The number of methoxy groups -OCH3 is 1. The van der Waals surface area contributed by atoms with Crippen molar-refractivity contribution < 1.29 is 29.2 Å². The van der Waals surface area contributed by atoms with E-state index in [0.29, 0.717) is 23.4 Å². The molecular weight excluding hydrogens is 444 g/mol. The van der Waals surface area contributed by atoms with Gasteiger partial charge in [0.2, 0.25) is 0 Å². The summed E-state index contributed by atoms with van der Waals surface area (Å²) in [7, 11) is 4.83. The first kappa shape index (κ1) is 24.6. The summed E-state index contributed by atoms with van der Waals surface area (Å²) in [5, 5.41) is 22.7. The van der Waals surface area contributed by atoms with Crippen LogP contribution in [0.1, 0.15) is 38.9 Å². The van der Waals surface area contributed by atoms with Gasteiger partial charge in [0.15, 0.2) is 0 Å². The number of nitro groups is 1. The minimum atomic E-state index is -1.05. The Morgan fingerprint density at radius 3 is 2.56 bits per heavy atom. The Kier molecular flexibility index (Phi) is 6.87. The van der Waals surface area contributed by atoms with E-state index in [2.05, 4.69) is 4.98 Å². The first-order valence-corrected chi connectivity index (χ1v) is 10.4. The number of non-ortho nitro benzene ring substituents is 1. The minimum Gasteiger partial charge on any atom is -0.507 e. The Labute approximate surface area is 195 Å². The first-order chi connectivity index (χ1) is 16.0. The Hall–Kier alpha value is -3.99. The number of carbonyl (C=O) groups excluding carboxylic acids is 3. The van der Waals surface area contributed by atoms with Gasteiger partial charge in [-0.15, -0.1) is 0 Å². The number of esters is 1. The molecule has 1 aliphatic heterocycles. The maximum atomic E-state index is 13.1. The third-order valence-corrected chi connectivity index (χ3v) is 5.79. The number of nitrogens with one attached hydrogen (secondary N) is 1. The number of ether oxygens (including phenoxy) is 1. The van der Waals surface area contributed by atoms with E-state index in [4.69, 9.17) is 4.74 Å². The highest BCUT2D eigenvalue weighted by atomic mass is 16.6. The van der Waals surface area contributed by atoms with Crippen LogP contribution in [0.4, 0.5) is 5.69 Å². The van der Waals surface area contributed by atoms with Crippen molar-refractivity contribution in [3.63, 3.8) is 0 Å². The molecule has 1 aromatic carbocycles. The van der Waals surface area contributed by atoms with Gasteiger partial charge in [-0.25, -0.2) is 4.79 Å². The fourth-order valence-electron chi connectivity index (χ4n) is 4.12. The molecule has 1 aromatic heterocycles. The number of Topliss-reactive ketones (excluding diaryl/α,β-unsaturated/α-hetero) is 1. The molecule has 3 rings (SSSR count). The summed E-state index contributed by atoms with van der Waals surface area (Å²) in [5.41, 5.74) is 0.944. The topological polar surface area (TPSA) is 146 Å². The molecule has 1 aliphatic rings. The van der Waals surface area contributed by atoms with Crippen LogP contribution in [0, 0.1) is 24.0 Å². The van der Waals surface area contributed by atoms with Crippen molar-refractivity contribution in [1.82, 2.24) is 14.8 Å². The Morgan fingerprint density at radius 2 is 1.97 bits per heavy atom. The van der Waals surface area contributed by atoms with Gasteiger partial charge in [-0.1, -0.05) is 12.1 Å². The molecule has 0 aliphatic carbocycles.